The van der Waals surface area contributed by atoms with Crippen LogP contribution in [0.3, 0.4) is 0 Å². The summed E-state index contributed by atoms with van der Waals surface area (Å²) in [4.78, 5) is 25.6. The Hall–Kier alpha value is -3.15. The van der Waals surface area contributed by atoms with Crippen LogP contribution in [-0.2, 0) is 22.6 Å². The summed E-state index contributed by atoms with van der Waals surface area (Å²) < 4.78 is 12.0. The molecule has 0 unspecified atom stereocenters. The summed E-state index contributed by atoms with van der Waals surface area (Å²) in [5.74, 6) is 0.348. The Morgan fingerprint density at radius 3 is 2.27 bits per heavy atom. The highest BCUT2D eigenvalue weighted by atomic mass is 127. The first-order valence-electron chi connectivity index (χ1n) is 13.3. The number of halogens is 1. The zero-order valence-corrected chi connectivity index (χ0v) is 25.4. The maximum absolute atomic E-state index is 12.9. The largest absolute Gasteiger partial charge is 1.00 e. The summed E-state index contributed by atoms with van der Waals surface area (Å²) in [6.45, 7) is 1.82. The maximum atomic E-state index is 12.9. The van der Waals surface area contributed by atoms with E-state index in [4.69, 9.17) is 9.47 Å². The van der Waals surface area contributed by atoms with E-state index in [-0.39, 0.29) is 49.0 Å². The molecule has 4 rings (SSSR count). The van der Waals surface area contributed by atoms with E-state index in [2.05, 4.69) is 24.7 Å². The number of carbonyl (C=O) groups is 2. The van der Waals surface area contributed by atoms with Crippen molar-refractivity contribution >= 4 is 23.4 Å². The molecule has 2 amide bonds. The fourth-order valence-electron chi connectivity index (χ4n) is 4.79. The van der Waals surface area contributed by atoms with Gasteiger partial charge in [-0.05, 0) is 41.3 Å². The number of likely N-dealkylation sites (tertiary alicyclic amines) is 1. The van der Waals surface area contributed by atoms with Crippen molar-refractivity contribution < 1.29 is 52.6 Å². The Kier molecular flexibility index (Phi) is 11.4. The van der Waals surface area contributed by atoms with E-state index >= 15 is 0 Å². The lowest BCUT2D eigenvalue weighted by atomic mass is 9.99. The van der Waals surface area contributed by atoms with Gasteiger partial charge in [0.25, 0.3) is 0 Å². The Labute approximate surface area is 253 Å². The highest BCUT2D eigenvalue weighted by Crippen LogP contribution is 2.30. The fourth-order valence-corrected chi connectivity index (χ4v) is 4.79. The van der Waals surface area contributed by atoms with Gasteiger partial charge < -0.3 is 48.4 Å². The number of methoxy groups -OCH3 is 1. The molecule has 1 aliphatic heterocycles. The predicted molar refractivity (Wildman–Crippen MR) is 153 cm³/mol. The molecule has 0 aromatic heterocycles. The van der Waals surface area contributed by atoms with Crippen LogP contribution in [0.4, 0.5) is 16.2 Å². The second-order valence-corrected chi connectivity index (χ2v) is 10.6. The van der Waals surface area contributed by atoms with Gasteiger partial charge in [-0.25, -0.2) is 4.79 Å². The number of benzene rings is 3. The second-order valence-electron chi connectivity index (χ2n) is 10.6. The molecule has 0 spiro atoms. The monoisotopic (exact) mass is 659 g/mol. The minimum absolute atomic E-state index is 0. The lowest BCUT2D eigenvalue weighted by Crippen LogP contribution is -3.00. The van der Waals surface area contributed by atoms with Crippen molar-refractivity contribution in [2.24, 2.45) is 0 Å². The van der Waals surface area contributed by atoms with Crippen LogP contribution in [0, 0.1) is 0 Å². The van der Waals surface area contributed by atoms with Gasteiger partial charge in [0, 0.05) is 24.8 Å². The first-order valence-corrected chi connectivity index (χ1v) is 13.3. The fraction of sp³-hybridized carbons (Fsp3) is 0.355. The summed E-state index contributed by atoms with van der Waals surface area (Å²) in [6, 6.07) is 20.9. The molecule has 0 aliphatic carbocycles. The van der Waals surface area contributed by atoms with Crippen LogP contribution in [0.25, 0.3) is 11.1 Å². The predicted octanol–water partition coefficient (Wildman–Crippen LogP) is 2.22. The highest BCUT2D eigenvalue weighted by Gasteiger charge is 2.28. The number of quaternary nitrogens is 1. The van der Waals surface area contributed by atoms with Gasteiger partial charge in [0.05, 0.1) is 52.3 Å². The molecule has 1 aliphatic rings. The van der Waals surface area contributed by atoms with Crippen LogP contribution < -0.4 is 39.3 Å². The number of aryl methyl sites for hydroxylation is 1. The van der Waals surface area contributed by atoms with Crippen LogP contribution in [0.5, 0.6) is 5.75 Å². The molecule has 3 N–H and O–H groups in total. The van der Waals surface area contributed by atoms with Gasteiger partial charge in [-0.15, -0.1) is 0 Å². The number of ether oxygens (including phenoxy) is 2. The van der Waals surface area contributed by atoms with Crippen molar-refractivity contribution in [3.05, 3.63) is 77.9 Å². The minimum Gasteiger partial charge on any atom is -1.00 e. The molecule has 1 heterocycles. The van der Waals surface area contributed by atoms with Crippen molar-refractivity contribution in [3.63, 3.8) is 0 Å². The molecule has 40 heavy (non-hydrogen) atoms. The van der Waals surface area contributed by atoms with E-state index in [9.17, 15) is 14.7 Å². The van der Waals surface area contributed by atoms with Crippen molar-refractivity contribution in [2.75, 3.05) is 44.9 Å². The summed E-state index contributed by atoms with van der Waals surface area (Å²) in [5.41, 5.74) is 4.61. The van der Waals surface area contributed by atoms with Gasteiger partial charge in [-0.3, -0.25) is 10.1 Å². The number of rotatable bonds is 9. The SMILES string of the molecule is COc1ccc(CO)cc1NC(=O)CCc1ccc(-c2ccccc2)c(NC(=O)OC2CC[N+](C)(C)CC2)c1.[I-]. The highest BCUT2D eigenvalue weighted by molar-refractivity contribution is 5.93. The van der Waals surface area contributed by atoms with Crippen LogP contribution in [0.2, 0.25) is 0 Å². The number of nitrogens with zero attached hydrogens (tertiary/aromatic N) is 1. The molecule has 0 atom stereocenters. The Morgan fingerprint density at radius 2 is 1.60 bits per heavy atom. The van der Waals surface area contributed by atoms with Gasteiger partial charge >= 0.3 is 6.09 Å². The summed E-state index contributed by atoms with van der Waals surface area (Å²) in [6.07, 6.45) is 1.83. The smallest absolute Gasteiger partial charge is 0.411 e. The molecule has 0 saturated carbocycles. The third-order valence-electron chi connectivity index (χ3n) is 7.15. The topological polar surface area (TPSA) is 96.9 Å². The number of carbonyl (C=O) groups excluding carboxylic acids is 2. The average molecular weight is 660 g/mol. The van der Waals surface area contributed by atoms with Crippen LogP contribution in [-0.4, -0.2) is 62.0 Å². The van der Waals surface area contributed by atoms with Crippen molar-refractivity contribution in [3.8, 4) is 16.9 Å². The van der Waals surface area contributed by atoms with Gasteiger partial charge in [0.15, 0.2) is 0 Å². The number of piperidine rings is 1. The molecule has 9 heteroatoms. The van der Waals surface area contributed by atoms with E-state index in [0.29, 0.717) is 29.1 Å². The molecule has 3 aromatic rings. The van der Waals surface area contributed by atoms with Crippen molar-refractivity contribution in [2.45, 2.75) is 38.4 Å². The molecule has 0 bridgehead atoms. The van der Waals surface area contributed by atoms with E-state index in [1.807, 2.05) is 48.5 Å². The normalized spacial score (nSPS) is 14.5. The van der Waals surface area contributed by atoms with Gasteiger partial charge in [-0.1, -0.05) is 48.5 Å². The molecule has 1 saturated heterocycles. The zero-order valence-electron chi connectivity index (χ0n) is 23.3. The lowest BCUT2D eigenvalue weighted by molar-refractivity contribution is -0.896. The molecular formula is C31H38IN3O5. The number of aliphatic hydroxyl groups excluding tert-OH is 1. The Balaban J connectivity index is 0.00000441. The summed E-state index contributed by atoms with van der Waals surface area (Å²) in [7, 11) is 5.92. The van der Waals surface area contributed by atoms with Crippen LogP contribution in [0.15, 0.2) is 66.7 Å². The number of amides is 2. The third-order valence-corrected chi connectivity index (χ3v) is 7.15. The van der Waals surface area contributed by atoms with Crippen molar-refractivity contribution in [1.82, 2.24) is 0 Å². The first-order chi connectivity index (χ1) is 18.8. The third kappa shape index (κ3) is 8.67. The van der Waals surface area contributed by atoms with Gasteiger partial charge in [0.2, 0.25) is 5.91 Å². The molecule has 0 radical (unpaired) electrons. The van der Waals surface area contributed by atoms with Gasteiger partial charge in [0.1, 0.15) is 11.9 Å². The molecule has 8 nitrogen and oxygen atoms in total. The van der Waals surface area contributed by atoms with Crippen molar-refractivity contribution in [1.29, 1.82) is 0 Å². The number of aliphatic hydroxyl groups is 1. The molecule has 3 aromatic carbocycles. The number of anilines is 2. The van der Waals surface area contributed by atoms with Crippen LogP contribution in [0.1, 0.15) is 30.4 Å². The zero-order chi connectivity index (χ0) is 27.8. The second kappa shape index (κ2) is 14.5. The number of hydrogen-bond donors (Lipinski definition) is 3. The Morgan fingerprint density at radius 1 is 0.925 bits per heavy atom. The van der Waals surface area contributed by atoms with E-state index in [1.54, 1.807) is 18.2 Å². The standard InChI is InChI=1S/C31H37N3O5.HI/c1-34(2)17-15-25(16-18-34)39-31(37)33-27-19-22(9-12-26(27)24-7-5-4-6-8-24)11-14-30(36)32-28-20-23(21-35)10-13-29(28)38-3;/h4-10,12-13,19-20,25,35H,11,14-18,21H2,1-3H3,(H-,32,33,36,37);1H. The molecular weight excluding hydrogens is 621 g/mol. The number of hydrogen-bond acceptors (Lipinski definition) is 5. The quantitative estimate of drug-likeness (QED) is 0.242. The minimum atomic E-state index is -0.463. The maximum Gasteiger partial charge on any atom is 0.411 e. The Bertz CT molecular complexity index is 1290. The van der Waals surface area contributed by atoms with Crippen LogP contribution >= 0.6 is 0 Å². The molecule has 214 valence electrons. The van der Waals surface area contributed by atoms with E-state index < -0.39 is 6.09 Å². The summed E-state index contributed by atoms with van der Waals surface area (Å²) >= 11 is 0. The summed E-state index contributed by atoms with van der Waals surface area (Å²) in [5, 5.41) is 15.3. The first kappa shape index (κ1) is 31.4. The van der Waals surface area contributed by atoms with E-state index in [1.165, 1.54) is 7.11 Å². The lowest BCUT2D eigenvalue weighted by Gasteiger charge is -2.36. The van der Waals surface area contributed by atoms with E-state index in [0.717, 1.165) is 47.1 Å². The number of nitrogens with one attached hydrogen (secondary N) is 2. The van der Waals surface area contributed by atoms with Gasteiger partial charge in [-0.2, -0.15) is 0 Å². The molecule has 1 fully saturated rings. The average Bonchev–Trinajstić information content (AvgIpc) is 2.93.